The highest BCUT2D eigenvalue weighted by Crippen LogP contribution is 2.22. The first-order valence-corrected chi connectivity index (χ1v) is 12.3. The van der Waals surface area contributed by atoms with Crippen molar-refractivity contribution >= 4 is 39.6 Å². The maximum Gasteiger partial charge on any atom is 0.265 e. The van der Waals surface area contributed by atoms with E-state index in [1.165, 1.54) is 30.6 Å². The molecule has 4 aromatic rings. The Morgan fingerprint density at radius 2 is 1.71 bits per heavy atom. The second kappa shape index (κ2) is 10.5. The van der Waals surface area contributed by atoms with Crippen LogP contribution in [0.3, 0.4) is 0 Å². The SMILES string of the molecule is Cc1c(/C=N\NC(=O)CN(c2ccccn2)S(=O)(=O)c2ccccc2)c(Cl)nn1-c1ccccc1. The van der Waals surface area contributed by atoms with Crippen molar-refractivity contribution in [3.05, 3.63) is 101 Å². The molecule has 0 bridgehead atoms. The van der Waals surface area contributed by atoms with Crippen molar-refractivity contribution in [2.75, 3.05) is 10.8 Å². The van der Waals surface area contributed by atoms with Gasteiger partial charge in [0.2, 0.25) is 0 Å². The van der Waals surface area contributed by atoms with Crippen LogP contribution in [-0.2, 0) is 14.8 Å². The van der Waals surface area contributed by atoms with Crippen LogP contribution in [0.25, 0.3) is 5.69 Å². The van der Waals surface area contributed by atoms with E-state index in [9.17, 15) is 13.2 Å². The second-order valence-electron chi connectivity index (χ2n) is 7.34. The number of benzene rings is 2. The van der Waals surface area contributed by atoms with Crippen LogP contribution < -0.4 is 9.73 Å². The van der Waals surface area contributed by atoms with Gasteiger partial charge in [0.05, 0.1) is 28.1 Å². The van der Waals surface area contributed by atoms with Crippen molar-refractivity contribution < 1.29 is 13.2 Å². The monoisotopic (exact) mass is 508 g/mol. The van der Waals surface area contributed by atoms with E-state index in [0.717, 1.165) is 15.7 Å². The Morgan fingerprint density at radius 3 is 2.37 bits per heavy atom. The zero-order valence-corrected chi connectivity index (χ0v) is 20.2. The third-order valence-corrected chi connectivity index (χ3v) is 7.07. The van der Waals surface area contributed by atoms with Gasteiger partial charge in [-0.05, 0) is 43.3 Å². The first-order chi connectivity index (χ1) is 16.9. The Balaban J connectivity index is 1.53. The van der Waals surface area contributed by atoms with Crippen molar-refractivity contribution in [1.82, 2.24) is 20.2 Å². The average molecular weight is 509 g/mol. The molecular weight excluding hydrogens is 488 g/mol. The highest BCUT2D eigenvalue weighted by Gasteiger charge is 2.27. The van der Waals surface area contributed by atoms with Gasteiger partial charge < -0.3 is 0 Å². The van der Waals surface area contributed by atoms with E-state index in [2.05, 4.69) is 20.6 Å². The van der Waals surface area contributed by atoms with E-state index in [1.807, 2.05) is 37.3 Å². The van der Waals surface area contributed by atoms with E-state index in [4.69, 9.17) is 11.6 Å². The molecule has 0 spiro atoms. The highest BCUT2D eigenvalue weighted by atomic mass is 35.5. The van der Waals surface area contributed by atoms with Gasteiger partial charge in [-0.25, -0.2) is 27.8 Å². The van der Waals surface area contributed by atoms with Crippen LogP contribution in [0, 0.1) is 6.92 Å². The third kappa shape index (κ3) is 5.39. The topological polar surface area (TPSA) is 110 Å². The predicted molar refractivity (Wildman–Crippen MR) is 134 cm³/mol. The summed E-state index contributed by atoms with van der Waals surface area (Å²) in [7, 11) is -4.04. The number of halogens is 1. The molecule has 2 aromatic heterocycles. The largest absolute Gasteiger partial charge is 0.271 e. The number of hydrogen-bond acceptors (Lipinski definition) is 6. The highest BCUT2D eigenvalue weighted by molar-refractivity contribution is 7.92. The Kier molecular flexibility index (Phi) is 7.23. The molecule has 0 saturated carbocycles. The molecule has 2 aromatic carbocycles. The molecule has 0 aliphatic heterocycles. The molecule has 0 unspecified atom stereocenters. The predicted octanol–water partition coefficient (Wildman–Crippen LogP) is 3.57. The minimum Gasteiger partial charge on any atom is -0.271 e. The lowest BCUT2D eigenvalue weighted by Crippen LogP contribution is -2.40. The molecule has 0 saturated heterocycles. The molecular formula is C24H21ClN6O3S. The van der Waals surface area contributed by atoms with Crippen molar-refractivity contribution in [1.29, 1.82) is 0 Å². The summed E-state index contributed by atoms with van der Waals surface area (Å²) in [5.74, 6) is -0.547. The summed E-state index contributed by atoms with van der Waals surface area (Å²) >= 11 is 6.28. The minimum atomic E-state index is -4.04. The summed E-state index contributed by atoms with van der Waals surface area (Å²) in [5.41, 5.74) is 4.43. The molecule has 1 amide bonds. The smallest absolute Gasteiger partial charge is 0.265 e. The number of pyridine rings is 1. The lowest BCUT2D eigenvalue weighted by atomic mass is 10.2. The van der Waals surface area contributed by atoms with Gasteiger partial charge in [0.25, 0.3) is 15.9 Å². The van der Waals surface area contributed by atoms with Crippen LogP contribution >= 0.6 is 11.6 Å². The first-order valence-electron chi connectivity index (χ1n) is 10.5. The van der Waals surface area contributed by atoms with Crippen LogP contribution in [0.15, 0.2) is 95.1 Å². The Bertz CT molecular complexity index is 1440. The van der Waals surface area contributed by atoms with Crippen molar-refractivity contribution in [2.24, 2.45) is 5.10 Å². The number of nitrogens with zero attached hydrogens (tertiary/aromatic N) is 5. The molecule has 0 aliphatic carbocycles. The van der Waals surface area contributed by atoms with Gasteiger partial charge in [-0.15, -0.1) is 0 Å². The Hall–Kier alpha value is -4.02. The lowest BCUT2D eigenvalue weighted by Gasteiger charge is -2.22. The maximum atomic E-state index is 13.2. The minimum absolute atomic E-state index is 0.0395. The van der Waals surface area contributed by atoms with E-state index >= 15 is 0 Å². The summed E-state index contributed by atoms with van der Waals surface area (Å²) in [6.45, 7) is 1.30. The number of anilines is 1. The second-order valence-corrected chi connectivity index (χ2v) is 9.56. The van der Waals surface area contributed by atoms with E-state index in [-0.39, 0.29) is 15.9 Å². The fourth-order valence-electron chi connectivity index (χ4n) is 3.29. The summed E-state index contributed by atoms with van der Waals surface area (Å²) in [6.07, 6.45) is 2.83. The average Bonchev–Trinajstić information content (AvgIpc) is 3.17. The Labute approximate surface area is 207 Å². The zero-order valence-electron chi connectivity index (χ0n) is 18.6. The standard InChI is InChI=1S/C24H21ClN6O3S/c1-18-21(24(25)29-31(18)19-10-4-2-5-11-19)16-27-28-23(32)17-30(22-14-8-9-15-26-22)35(33,34)20-12-6-3-7-13-20/h2-16H,17H2,1H3,(H,28,32)/b27-16-. The lowest BCUT2D eigenvalue weighted by molar-refractivity contribution is -0.119. The summed E-state index contributed by atoms with van der Waals surface area (Å²) in [4.78, 5) is 16.8. The number of hydrazone groups is 1. The molecule has 9 nitrogen and oxygen atoms in total. The molecule has 4 rings (SSSR count). The molecule has 2 heterocycles. The van der Waals surface area contributed by atoms with E-state index < -0.39 is 22.5 Å². The number of nitrogens with one attached hydrogen (secondary N) is 1. The van der Waals surface area contributed by atoms with Crippen LogP contribution in [0.1, 0.15) is 11.3 Å². The third-order valence-electron chi connectivity index (χ3n) is 5.02. The number of rotatable bonds is 8. The Morgan fingerprint density at radius 1 is 1.06 bits per heavy atom. The van der Waals surface area contributed by atoms with Gasteiger partial charge in [-0.3, -0.25) is 4.79 Å². The molecule has 0 fully saturated rings. The molecule has 0 radical (unpaired) electrons. The number of aromatic nitrogens is 3. The molecule has 178 valence electrons. The normalized spacial score (nSPS) is 11.5. The number of carbonyl (C=O) groups is 1. The van der Waals surface area contributed by atoms with E-state index in [0.29, 0.717) is 5.56 Å². The van der Waals surface area contributed by atoms with Crippen molar-refractivity contribution in [3.8, 4) is 5.69 Å². The quantitative estimate of drug-likeness (QED) is 0.289. The number of amides is 1. The first kappa shape index (κ1) is 24.1. The number of carbonyl (C=O) groups excluding carboxylic acids is 1. The molecule has 0 atom stereocenters. The molecule has 0 aliphatic rings. The van der Waals surface area contributed by atoms with Crippen molar-refractivity contribution in [2.45, 2.75) is 11.8 Å². The number of sulfonamides is 1. The van der Waals surface area contributed by atoms with Crippen LogP contribution in [0.4, 0.5) is 5.82 Å². The van der Waals surface area contributed by atoms with Crippen LogP contribution in [0.5, 0.6) is 0 Å². The van der Waals surface area contributed by atoms with Crippen LogP contribution in [0.2, 0.25) is 5.15 Å². The summed E-state index contributed by atoms with van der Waals surface area (Å²) in [5, 5.41) is 8.50. The van der Waals surface area contributed by atoms with Gasteiger partial charge in [-0.1, -0.05) is 54.1 Å². The van der Waals surface area contributed by atoms with Crippen LogP contribution in [-0.4, -0.2) is 41.8 Å². The van der Waals surface area contributed by atoms with E-state index in [1.54, 1.807) is 35.0 Å². The summed E-state index contributed by atoms with van der Waals surface area (Å²) < 4.78 is 29.1. The molecule has 35 heavy (non-hydrogen) atoms. The van der Waals surface area contributed by atoms with Gasteiger partial charge in [-0.2, -0.15) is 10.2 Å². The maximum absolute atomic E-state index is 13.2. The number of para-hydroxylation sites is 1. The van der Waals surface area contributed by atoms with Gasteiger partial charge in [0.1, 0.15) is 12.4 Å². The number of hydrogen-bond donors (Lipinski definition) is 1. The summed E-state index contributed by atoms with van der Waals surface area (Å²) in [6, 6.07) is 22.1. The zero-order chi connectivity index (χ0) is 24.8. The molecule has 1 N–H and O–H groups in total. The fourth-order valence-corrected chi connectivity index (χ4v) is 4.95. The van der Waals surface area contributed by atoms with Gasteiger partial charge in [0, 0.05) is 6.20 Å². The fraction of sp³-hybridized carbons (Fsp3) is 0.0833. The van der Waals surface area contributed by atoms with Crippen molar-refractivity contribution in [3.63, 3.8) is 0 Å². The molecule has 11 heteroatoms. The van der Waals surface area contributed by atoms with Gasteiger partial charge in [0.15, 0.2) is 5.15 Å². The van der Waals surface area contributed by atoms with Gasteiger partial charge >= 0.3 is 0 Å².